The summed E-state index contributed by atoms with van der Waals surface area (Å²) in [4.78, 5) is 8.57. The molecular formula is C23H30F2N4O2. The van der Waals surface area contributed by atoms with Crippen LogP contribution in [-0.2, 0) is 4.74 Å². The number of aliphatic imine (C=N–C) groups is 1. The highest BCUT2D eigenvalue weighted by molar-refractivity contribution is 5.71. The monoisotopic (exact) mass is 432 g/mol. The van der Waals surface area contributed by atoms with Crippen molar-refractivity contribution in [2.45, 2.75) is 32.9 Å². The number of pyridine rings is 1. The number of methoxy groups -OCH3 is 1. The minimum absolute atomic E-state index is 0.240. The lowest BCUT2D eigenvalue weighted by Gasteiger charge is -2.14. The smallest absolute Gasteiger partial charge is 0.140 e. The second kappa shape index (κ2) is 11.4. The van der Waals surface area contributed by atoms with E-state index in [1.54, 1.807) is 44.6 Å². The predicted octanol–water partition coefficient (Wildman–Crippen LogP) is 3.47. The van der Waals surface area contributed by atoms with Crippen molar-refractivity contribution in [1.29, 1.82) is 0 Å². The molecule has 0 saturated carbocycles. The summed E-state index contributed by atoms with van der Waals surface area (Å²) in [7, 11) is 1.57. The number of anilines is 2. The minimum Gasteiger partial charge on any atom is -0.491 e. The molecule has 0 saturated heterocycles. The molecule has 8 heteroatoms. The molecule has 1 heterocycles. The molecule has 0 unspecified atom stereocenters. The maximum atomic E-state index is 14.9. The van der Waals surface area contributed by atoms with Gasteiger partial charge in [0.25, 0.3) is 0 Å². The van der Waals surface area contributed by atoms with Crippen LogP contribution in [0.1, 0.15) is 27.2 Å². The molecule has 168 valence electrons. The summed E-state index contributed by atoms with van der Waals surface area (Å²) in [5.74, 6) is 0.789. The molecule has 1 aromatic carbocycles. The van der Waals surface area contributed by atoms with E-state index < -0.39 is 11.5 Å². The van der Waals surface area contributed by atoms with Gasteiger partial charge in [-0.1, -0.05) is 6.58 Å². The molecule has 0 aliphatic rings. The number of aromatic nitrogens is 1. The van der Waals surface area contributed by atoms with E-state index in [2.05, 4.69) is 27.2 Å². The topological polar surface area (TPSA) is 67.8 Å². The summed E-state index contributed by atoms with van der Waals surface area (Å²) in [5.41, 5.74) is -0.618. The van der Waals surface area contributed by atoms with Crippen LogP contribution in [0.4, 0.5) is 20.3 Å². The maximum absolute atomic E-state index is 14.9. The average molecular weight is 433 g/mol. The number of rotatable bonds is 11. The zero-order valence-electron chi connectivity index (χ0n) is 18.5. The van der Waals surface area contributed by atoms with Gasteiger partial charge in [0, 0.05) is 25.9 Å². The van der Waals surface area contributed by atoms with Crippen LogP contribution in [0.5, 0.6) is 5.75 Å². The zero-order chi connectivity index (χ0) is 22.9. The van der Waals surface area contributed by atoms with E-state index in [9.17, 15) is 8.78 Å². The van der Waals surface area contributed by atoms with Crippen molar-refractivity contribution in [3.05, 3.63) is 46.7 Å². The van der Waals surface area contributed by atoms with E-state index in [1.807, 2.05) is 0 Å². The minimum atomic E-state index is -1.24. The standard InChI is InChI=1S/C23H30F2N4O2/c1-6-26-22(21-16(2)13-18(14-19(21)24)31-12-11-30-5)29-17-7-8-20(28-15-17)27-10-9-23(3,4)25/h6-8,13-15,29H,2,9-12H2,1,3-5H3,(H,27,28)/b22-21-,26-6?. The summed E-state index contributed by atoms with van der Waals surface area (Å²) >= 11 is 0. The molecular weight excluding hydrogens is 402 g/mol. The molecule has 2 rings (SSSR count). The molecule has 2 N–H and O–H groups in total. The van der Waals surface area contributed by atoms with Gasteiger partial charge in [0.15, 0.2) is 0 Å². The predicted molar refractivity (Wildman–Crippen MR) is 122 cm³/mol. The van der Waals surface area contributed by atoms with Crippen molar-refractivity contribution in [2.24, 2.45) is 4.99 Å². The van der Waals surface area contributed by atoms with E-state index in [0.717, 1.165) is 0 Å². The average Bonchev–Trinajstić information content (AvgIpc) is 2.68. The molecule has 6 nitrogen and oxygen atoms in total. The molecule has 2 aromatic rings. The molecule has 0 bridgehead atoms. The molecule has 0 spiro atoms. The van der Waals surface area contributed by atoms with Crippen LogP contribution in [0.25, 0.3) is 12.4 Å². The number of halogens is 2. The second-order valence-electron chi connectivity index (χ2n) is 7.47. The highest BCUT2D eigenvalue weighted by atomic mass is 19.1. The number of ether oxygens (including phenoxy) is 2. The number of hydrogen-bond acceptors (Lipinski definition) is 6. The Morgan fingerprint density at radius 2 is 2.06 bits per heavy atom. The van der Waals surface area contributed by atoms with Crippen LogP contribution in [0.2, 0.25) is 0 Å². The first-order valence-electron chi connectivity index (χ1n) is 10.0. The fourth-order valence-electron chi connectivity index (χ4n) is 2.71. The third kappa shape index (κ3) is 7.97. The first-order valence-corrected chi connectivity index (χ1v) is 10.0. The summed E-state index contributed by atoms with van der Waals surface area (Å²) in [6.45, 7) is 9.93. The number of hydrogen-bond donors (Lipinski definition) is 2. The summed E-state index contributed by atoms with van der Waals surface area (Å²) in [6, 6.07) is 6.49. The molecule has 0 radical (unpaired) electrons. The van der Waals surface area contributed by atoms with Gasteiger partial charge in [-0.15, -0.1) is 0 Å². The van der Waals surface area contributed by atoms with Gasteiger partial charge < -0.3 is 20.1 Å². The lowest BCUT2D eigenvalue weighted by molar-refractivity contribution is 0.146. The van der Waals surface area contributed by atoms with Crippen LogP contribution in [-0.4, -0.2) is 43.7 Å². The van der Waals surface area contributed by atoms with Crippen molar-refractivity contribution < 1.29 is 18.3 Å². The van der Waals surface area contributed by atoms with Crippen LogP contribution < -0.4 is 25.8 Å². The number of nitrogens with zero attached hydrogens (tertiary/aromatic N) is 2. The molecule has 31 heavy (non-hydrogen) atoms. The normalized spacial score (nSPS) is 12.7. The molecule has 0 amide bonds. The van der Waals surface area contributed by atoms with Crippen molar-refractivity contribution in [3.63, 3.8) is 0 Å². The molecule has 0 aliphatic heterocycles. The van der Waals surface area contributed by atoms with Gasteiger partial charge in [0.2, 0.25) is 0 Å². The fraction of sp³-hybridized carbons (Fsp3) is 0.391. The van der Waals surface area contributed by atoms with E-state index in [4.69, 9.17) is 9.47 Å². The van der Waals surface area contributed by atoms with Crippen molar-refractivity contribution in [2.75, 3.05) is 37.5 Å². The highest BCUT2D eigenvalue weighted by Gasteiger charge is 2.14. The Morgan fingerprint density at radius 1 is 1.29 bits per heavy atom. The summed E-state index contributed by atoms with van der Waals surface area (Å²) in [6.07, 6.45) is 3.53. The molecule has 1 aromatic heterocycles. The third-order valence-electron chi connectivity index (χ3n) is 4.25. The maximum Gasteiger partial charge on any atom is 0.140 e. The molecule has 0 atom stereocenters. The van der Waals surface area contributed by atoms with Crippen LogP contribution in [0, 0.1) is 5.82 Å². The van der Waals surface area contributed by atoms with Crippen LogP contribution in [0.3, 0.4) is 0 Å². The van der Waals surface area contributed by atoms with Crippen molar-refractivity contribution in [3.8, 4) is 5.75 Å². The Kier molecular flexibility index (Phi) is 8.93. The van der Waals surface area contributed by atoms with Gasteiger partial charge in [-0.25, -0.2) is 18.8 Å². The zero-order valence-corrected chi connectivity index (χ0v) is 18.5. The Bertz CT molecular complexity index is 986. The number of benzene rings is 1. The quantitative estimate of drug-likeness (QED) is 0.420. The van der Waals surface area contributed by atoms with E-state index in [1.165, 1.54) is 19.9 Å². The van der Waals surface area contributed by atoms with E-state index in [-0.39, 0.29) is 5.22 Å². The Morgan fingerprint density at radius 3 is 2.65 bits per heavy atom. The SMILES string of the molecule is C=c1cc(OCCOC)cc(F)/c1=C(/N=CC)Nc1ccc(NCCC(C)(C)F)nc1. The van der Waals surface area contributed by atoms with Gasteiger partial charge in [0.1, 0.15) is 35.5 Å². The Labute approximate surface area is 181 Å². The van der Waals surface area contributed by atoms with Crippen LogP contribution in [0.15, 0.2) is 35.5 Å². The van der Waals surface area contributed by atoms with Gasteiger partial charge in [0.05, 0.1) is 23.7 Å². The van der Waals surface area contributed by atoms with Gasteiger partial charge >= 0.3 is 0 Å². The van der Waals surface area contributed by atoms with Gasteiger partial charge in [-0.05, 0) is 50.6 Å². The number of nitrogens with one attached hydrogen (secondary N) is 2. The Balaban J connectivity index is 2.22. The third-order valence-corrected chi connectivity index (χ3v) is 4.25. The van der Waals surface area contributed by atoms with Gasteiger partial charge in [-0.3, -0.25) is 0 Å². The highest BCUT2D eigenvalue weighted by Crippen LogP contribution is 2.16. The van der Waals surface area contributed by atoms with Gasteiger partial charge in [-0.2, -0.15) is 0 Å². The van der Waals surface area contributed by atoms with E-state index in [0.29, 0.717) is 54.5 Å². The first-order chi connectivity index (χ1) is 14.7. The largest absolute Gasteiger partial charge is 0.491 e. The van der Waals surface area contributed by atoms with Crippen molar-refractivity contribution >= 4 is 30.1 Å². The lowest BCUT2D eigenvalue weighted by atomic mass is 10.1. The van der Waals surface area contributed by atoms with E-state index >= 15 is 0 Å². The van der Waals surface area contributed by atoms with Crippen LogP contribution >= 0.6 is 0 Å². The lowest BCUT2D eigenvalue weighted by Crippen LogP contribution is -2.31. The fourth-order valence-corrected chi connectivity index (χ4v) is 2.71. The summed E-state index contributed by atoms with van der Waals surface area (Å²) < 4.78 is 38.8. The molecule has 0 fully saturated rings. The summed E-state index contributed by atoms with van der Waals surface area (Å²) in [5, 5.41) is 6.83. The Hall–Kier alpha value is -3.00. The molecule has 0 aliphatic carbocycles. The number of alkyl halides is 1. The first kappa shape index (κ1) is 24.3. The van der Waals surface area contributed by atoms with Crippen molar-refractivity contribution in [1.82, 2.24) is 4.98 Å². The second-order valence-corrected chi connectivity index (χ2v) is 7.47.